The van der Waals surface area contributed by atoms with Gasteiger partial charge in [-0.2, -0.15) is 0 Å². The maximum Gasteiger partial charge on any atom is 0.165 e. The van der Waals surface area contributed by atoms with Crippen LogP contribution in [0.25, 0.3) is 118 Å². The standard InChI is InChI=1S/C60H39N7/c1-7-21-40(22-8-1)44-35-45(58-62-56(41-23-9-2-10-24-41)61-57(63-58)42-25-11-3-12-26-42)37-48(36-44)65-52-34-20-19-33-49(52)50-38-51-54(39-53(50)65)66(46-29-15-5-16-30-46)60-55(51)67(47-31-17-6-18-32-47)59(64-60)43-27-13-4-14-28-43/h1-39H. The molecule has 4 heterocycles. The van der Waals surface area contributed by atoms with Crippen molar-refractivity contribution in [3.63, 3.8) is 0 Å². The summed E-state index contributed by atoms with van der Waals surface area (Å²) < 4.78 is 7.05. The van der Waals surface area contributed by atoms with E-state index >= 15 is 0 Å². The zero-order valence-corrected chi connectivity index (χ0v) is 36.1. The highest BCUT2D eigenvalue weighted by Crippen LogP contribution is 2.43. The first-order valence-corrected chi connectivity index (χ1v) is 22.5. The monoisotopic (exact) mass is 857 g/mol. The molecule has 0 saturated heterocycles. The van der Waals surface area contributed by atoms with Crippen molar-refractivity contribution in [2.45, 2.75) is 0 Å². The number of para-hydroxylation sites is 3. The van der Waals surface area contributed by atoms with Gasteiger partial charge in [0.2, 0.25) is 0 Å². The second kappa shape index (κ2) is 15.8. The highest BCUT2D eigenvalue weighted by molar-refractivity contribution is 6.19. The molecular weight excluding hydrogens is 819 g/mol. The van der Waals surface area contributed by atoms with Gasteiger partial charge in [-0.3, -0.25) is 9.13 Å². The van der Waals surface area contributed by atoms with Crippen LogP contribution in [0.3, 0.4) is 0 Å². The smallest absolute Gasteiger partial charge is 0.165 e. The van der Waals surface area contributed by atoms with E-state index in [4.69, 9.17) is 19.9 Å². The molecule has 0 bridgehead atoms. The van der Waals surface area contributed by atoms with E-state index in [1.165, 1.54) is 0 Å². The Morgan fingerprint density at radius 1 is 0.254 bits per heavy atom. The summed E-state index contributed by atoms with van der Waals surface area (Å²) in [4.78, 5) is 21.0. The maximum absolute atomic E-state index is 5.54. The molecule has 0 amide bonds. The summed E-state index contributed by atoms with van der Waals surface area (Å²) in [6.45, 7) is 0. The lowest BCUT2D eigenvalue weighted by molar-refractivity contribution is 1.07. The van der Waals surface area contributed by atoms with Gasteiger partial charge in [0.1, 0.15) is 11.3 Å². The Labute approximate surface area is 386 Å². The lowest BCUT2D eigenvalue weighted by Crippen LogP contribution is -2.02. The van der Waals surface area contributed by atoms with Crippen LogP contribution in [0.2, 0.25) is 0 Å². The van der Waals surface area contributed by atoms with Crippen LogP contribution in [0.4, 0.5) is 0 Å². The minimum Gasteiger partial charge on any atom is -0.309 e. The fraction of sp³-hybridized carbons (Fsp3) is 0. The van der Waals surface area contributed by atoms with E-state index in [2.05, 4.69) is 190 Å². The second-order valence-electron chi connectivity index (χ2n) is 16.7. The summed E-state index contributed by atoms with van der Waals surface area (Å²) in [6.07, 6.45) is 0. The topological polar surface area (TPSA) is 66.3 Å². The highest BCUT2D eigenvalue weighted by Gasteiger charge is 2.26. The normalized spacial score (nSPS) is 11.6. The quantitative estimate of drug-likeness (QED) is 0.153. The summed E-state index contributed by atoms with van der Waals surface area (Å²) in [6, 6.07) is 82.7. The molecule has 13 rings (SSSR count). The van der Waals surface area contributed by atoms with Gasteiger partial charge in [0.25, 0.3) is 0 Å². The first-order valence-electron chi connectivity index (χ1n) is 22.5. The molecule has 0 atom stereocenters. The minimum absolute atomic E-state index is 0.595. The van der Waals surface area contributed by atoms with Crippen molar-refractivity contribution in [1.82, 2.24) is 33.6 Å². The van der Waals surface area contributed by atoms with E-state index in [0.717, 1.165) is 100 Å². The molecule has 13 aromatic rings. The van der Waals surface area contributed by atoms with E-state index in [1.807, 2.05) is 60.7 Å². The summed E-state index contributed by atoms with van der Waals surface area (Å²) >= 11 is 0. The van der Waals surface area contributed by atoms with Crippen LogP contribution in [0.15, 0.2) is 237 Å². The van der Waals surface area contributed by atoms with Crippen molar-refractivity contribution < 1.29 is 0 Å². The molecule has 0 radical (unpaired) electrons. The van der Waals surface area contributed by atoms with Crippen molar-refractivity contribution in [3.05, 3.63) is 237 Å². The van der Waals surface area contributed by atoms with Gasteiger partial charge in [-0.05, 0) is 71.8 Å². The Kier molecular flexibility index (Phi) is 9.03. The molecule has 0 aliphatic heterocycles. The molecule has 4 aromatic heterocycles. The van der Waals surface area contributed by atoms with Crippen LogP contribution in [0.5, 0.6) is 0 Å². The SMILES string of the molecule is c1ccc(-c2cc(-c3nc(-c4ccccc4)nc(-c4ccccc4)n3)cc(-n3c4ccccc4c4cc5c6c(nc(-c7ccccc7)n6-c6ccccc6)n(-c6ccccc6)c5cc43)c2)cc1. The predicted octanol–water partition coefficient (Wildman–Crippen LogP) is 14.6. The third-order valence-electron chi connectivity index (χ3n) is 12.7. The summed E-state index contributed by atoms with van der Waals surface area (Å²) in [5, 5.41) is 3.40. The van der Waals surface area contributed by atoms with E-state index < -0.39 is 0 Å². The zero-order chi connectivity index (χ0) is 44.3. The number of fused-ring (bicyclic) bond motifs is 6. The van der Waals surface area contributed by atoms with E-state index in [0.29, 0.717) is 17.5 Å². The molecule has 0 aliphatic carbocycles. The molecule has 9 aromatic carbocycles. The molecule has 0 fully saturated rings. The van der Waals surface area contributed by atoms with E-state index in [1.54, 1.807) is 0 Å². The van der Waals surface area contributed by atoms with Crippen molar-refractivity contribution in [3.8, 4) is 73.7 Å². The first-order chi connectivity index (χ1) is 33.2. The summed E-state index contributed by atoms with van der Waals surface area (Å²) in [5.41, 5.74) is 14.2. The number of hydrogen-bond acceptors (Lipinski definition) is 4. The summed E-state index contributed by atoms with van der Waals surface area (Å²) in [7, 11) is 0. The molecule has 7 nitrogen and oxygen atoms in total. The third-order valence-corrected chi connectivity index (χ3v) is 12.7. The molecular formula is C60H39N7. The number of aromatic nitrogens is 7. The first kappa shape index (κ1) is 38.3. The van der Waals surface area contributed by atoms with Crippen molar-refractivity contribution in [2.24, 2.45) is 0 Å². The Hall–Kier alpha value is -9.20. The van der Waals surface area contributed by atoms with E-state index in [-0.39, 0.29) is 0 Å². The fourth-order valence-corrected chi connectivity index (χ4v) is 9.63. The average molecular weight is 858 g/mol. The van der Waals surface area contributed by atoms with Crippen LogP contribution in [0, 0.1) is 0 Å². The van der Waals surface area contributed by atoms with Gasteiger partial charge in [-0.25, -0.2) is 19.9 Å². The van der Waals surface area contributed by atoms with Gasteiger partial charge in [0, 0.05) is 55.5 Å². The maximum atomic E-state index is 5.54. The Morgan fingerprint density at radius 3 is 1.31 bits per heavy atom. The summed E-state index contributed by atoms with van der Waals surface area (Å²) in [5.74, 6) is 2.72. The molecule has 0 spiro atoms. The largest absolute Gasteiger partial charge is 0.309 e. The zero-order valence-electron chi connectivity index (χ0n) is 36.1. The van der Waals surface area contributed by atoms with Gasteiger partial charge in [-0.1, -0.05) is 176 Å². The van der Waals surface area contributed by atoms with Crippen LogP contribution in [0.1, 0.15) is 0 Å². The highest BCUT2D eigenvalue weighted by atomic mass is 15.2. The molecule has 0 saturated carbocycles. The number of rotatable bonds is 8. The molecule has 0 unspecified atom stereocenters. The molecule has 67 heavy (non-hydrogen) atoms. The number of hydrogen-bond donors (Lipinski definition) is 0. The minimum atomic E-state index is 0.595. The van der Waals surface area contributed by atoms with Gasteiger partial charge in [0.05, 0.1) is 16.6 Å². The Bertz CT molecular complexity index is 3880. The Balaban J connectivity index is 1.12. The van der Waals surface area contributed by atoms with Crippen LogP contribution >= 0.6 is 0 Å². The van der Waals surface area contributed by atoms with Crippen LogP contribution in [-0.2, 0) is 0 Å². The second-order valence-corrected chi connectivity index (χ2v) is 16.7. The number of benzene rings is 9. The fourth-order valence-electron chi connectivity index (χ4n) is 9.63. The number of imidazole rings is 1. The lowest BCUT2D eigenvalue weighted by Gasteiger charge is -2.15. The molecule has 7 heteroatoms. The third kappa shape index (κ3) is 6.52. The van der Waals surface area contributed by atoms with E-state index in [9.17, 15) is 0 Å². The predicted molar refractivity (Wildman–Crippen MR) is 273 cm³/mol. The van der Waals surface area contributed by atoms with Crippen molar-refractivity contribution in [2.75, 3.05) is 0 Å². The number of nitrogens with zero attached hydrogens (tertiary/aromatic N) is 7. The van der Waals surface area contributed by atoms with Gasteiger partial charge >= 0.3 is 0 Å². The van der Waals surface area contributed by atoms with Gasteiger partial charge in [0.15, 0.2) is 23.1 Å². The van der Waals surface area contributed by atoms with Crippen LogP contribution < -0.4 is 0 Å². The Morgan fingerprint density at radius 2 is 0.716 bits per heavy atom. The van der Waals surface area contributed by atoms with Crippen molar-refractivity contribution >= 4 is 43.9 Å². The van der Waals surface area contributed by atoms with Crippen LogP contribution in [-0.4, -0.2) is 33.6 Å². The molecule has 0 N–H and O–H groups in total. The lowest BCUT2D eigenvalue weighted by atomic mass is 10.0. The average Bonchev–Trinajstić information content (AvgIpc) is 4.06. The molecule has 314 valence electrons. The van der Waals surface area contributed by atoms with Gasteiger partial charge < -0.3 is 4.57 Å². The van der Waals surface area contributed by atoms with Gasteiger partial charge in [-0.15, -0.1) is 0 Å². The van der Waals surface area contributed by atoms with Crippen molar-refractivity contribution in [1.29, 1.82) is 0 Å². The molecule has 0 aliphatic rings.